The van der Waals surface area contributed by atoms with Crippen LogP contribution in [0.3, 0.4) is 0 Å². The van der Waals surface area contributed by atoms with Crippen LogP contribution in [0.15, 0.2) is 0 Å². The van der Waals surface area contributed by atoms with Crippen molar-refractivity contribution in [1.82, 2.24) is 0 Å². The van der Waals surface area contributed by atoms with E-state index in [4.69, 9.17) is 17.1 Å². The number of hydrogen-bond acceptors (Lipinski definition) is 4. The van der Waals surface area contributed by atoms with Crippen LogP contribution in [0.1, 0.15) is 35.1 Å². The predicted octanol–water partition coefficient (Wildman–Crippen LogP) is 1.41. The van der Waals surface area contributed by atoms with Crippen LogP contribution in [0, 0.1) is 0 Å². The lowest BCUT2D eigenvalue weighted by molar-refractivity contribution is 0.0857. The van der Waals surface area contributed by atoms with E-state index in [1.54, 1.807) is 0 Å². The molecule has 0 aromatic heterocycles. The molecule has 0 spiro atoms. The average Bonchev–Trinajstić information content (AvgIpc) is 2.19. The minimum absolute atomic E-state index is 0. The van der Waals surface area contributed by atoms with E-state index in [9.17, 15) is 0 Å². The van der Waals surface area contributed by atoms with E-state index in [0.717, 1.165) is 0 Å². The Balaban J connectivity index is -0.000000258. The Morgan fingerprint density at radius 2 is 1.20 bits per heavy atom. The van der Waals surface area contributed by atoms with Crippen molar-refractivity contribution in [2.24, 2.45) is 0 Å². The average molecular weight is 273 g/mol. The standard InChI is InChI=1S/C3H12O4Si3.2C2H6.CH4/c1-10(2)6-8-4-3-5-9-7-10;2*1-2;/h3,8-9H2,1-2H3;2*1-2H3;1H4. The molecule has 0 saturated carbocycles. The van der Waals surface area contributed by atoms with Crippen LogP contribution in [0.25, 0.3) is 0 Å². The predicted molar refractivity (Wildman–Crippen MR) is 73.2 cm³/mol. The van der Waals surface area contributed by atoms with Gasteiger partial charge in [-0.3, -0.25) is 0 Å². The molecule has 0 radical (unpaired) electrons. The maximum absolute atomic E-state index is 5.46. The van der Waals surface area contributed by atoms with Crippen molar-refractivity contribution >= 4 is 28.6 Å². The maximum Gasteiger partial charge on any atom is 0.313 e. The van der Waals surface area contributed by atoms with Gasteiger partial charge in [0.05, 0.1) is 0 Å². The van der Waals surface area contributed by atoms with Crippen LogP contribution < -0.4 is 0 Å². The van der Waals surface area contributed by atoms with E-state index in [1.807, 2.05) is 40.8 Å². The summed E-state index contributed by atoms with van der Waals surface area (Å²) in [4.78, 5) is 0. The van der Waals surface area contributed by atoms with Gasteiger partial charge < -0.3 is 17.1 Å². The summed E-state index contributed by atoms with van der Waals surface area (Å²) in [6, 6.07) is 0. The quantitative estimate of drug-likeness (QED) is 0.625. The van der Waals surface area contributed by atoms with Gasteiger partial charge in [-0.2, -0.15) is 0 Å². The molecule has 0 atom stereocenters. The first-order chi connectivity index (χ1) is 6.71. The fourth-order valence-electron chi connectivity index (χ4n) is 0.536. The molecule has 1 heterocycles. The third-order valence-corrected chi connectivity index (χ3v) is 8.32. The largest absolute Gasteiger partial charge is 0.420 e. The minimum Gasteiger partial charge on any atom is -0.420 e. The normalized spacial score (nSPS) is 22.0. The molecule has 96 valence electrons. The van der Waals surface area contributed by atoms with Crippen LogP contribution in [0.4, 0.5) is 0 Å². The van der Waals surface area contributed by atoms with Gasteiger partial charge in [-0.15, -0.1) is 0 Å². The van der Waals surface area contributed by atoms with E-state index < -0.39 is 28.6 Å². The SMILES string of the molecule is C.CC.CC.C[Si]1(C)O[SiH2]OCO[SiH2]O1. The zero-order valence-electron chi connectivity index (χ0n) is 10.3. The fourth-order valence-corrected chi connectivity index (χ4v) is 5.16. The van der Waals surface area contributed by atoms with Crippen molar-refractivity contribution in [3.05, 3.63) is 0 Å². The molecule has 0 aromatic rings. The molecule has 1 saturated heterocycles. The molecule has 4 nitrogen and oxygen atoms in total. The first-order valence-corrected chi connectivity index (χ1v) is 10.3. The highest BCUT2D eigenvalue weighted by atomic mass is 28.4. The molecule has 7 heteroatoms. The first kappa shape index (κ1) is 20.8. The Kier molecular flexibility index (Phi) is 20.1. The van der Waals surface area contributed by atoms with Crippen LogP contribution >= 0.6 is 0 Å². The molecule has 15 heavy (non-hydrogen) atoms. The van der Waals surface area contributed by atoms with Crippen molar-refractivity contribution in [3.8, 4) is 0 Å². The molecule has 1 fully saturated rings. The Bertz CT molecular complexity index is 104. The fraction of sp³-hybridized carbons (Fsp3) is 1.00. The van der Waals surface area contributed by atoms with Crippen LogP contribution in [0.2, 0.25) is 13.1 Å². The van der Waals surface area contributed by atoms with Gasteiger partial charge in [0.15, 0.2) is 0 Å². The smallest absolute Gasteiger partial charge is 0.313 e. The van der Waals surface area contributed by atoms with Gasteiger partial charge in [-0.25, -0.2) is 0 Å². The summed E-state index contributed by atoms with van der Waals surface area (Å²) in [7, 11) is -3.44. The van der Waals surface area contributed by atoms with Gasteiger partial charge in [0.1, 0.15) is 6.79 Å². The molecule has 0 amide bonds. The summed E-state index contributed by atoms with van der Waals surface area (Å²) in [5.41, 5.74) is 0. The van der Waals surface area contributed by atoms with Crippen LogP contribution in [0.5, 0.6) is 0 Å². The zero-order chi connectivity index (χ0) is 11.4. The summed E-state index contributed by atoms with van der Waals surface area (Å²) in [6.07, 6.45) is 0. The lowest BCUT2D eigenvalue weighted by Gasteiger charge is -2.25. The maximum atomic E-state index is 5.46. The first-order valence-electron chi connectivity index (χ1n) is 5.14. The summed E-state index contributed by atoms with van der Waals surface area (Å²) >= 11 is 0. The third kappa shape index (κ3) is 14.5. The number of hydrogen-bond donors (Lipinski definition) is 0. The lowest BCUT2D eigenvalue weighted by Crippen LogP contribution is -2.41. The van der Waals surface area contributed by atoms with Crippen molar-refractivity contribution in [2.45, 2.75) is 48.2 Å². The Morgan fingerprint density at radius 1 is 0.867 bits per heavy atom. The molecule has 0 aliphatic carbocycles. The Hall–Kier alpha value is 0.491. The van der Waals surface area contributed by atoms with Crippen molar-refractivity contribution in [3.63, 3.8) is 0 Å². The van der Waals surface area contributed by atoms with E-state index in [0.29, 0.717) is 6.79 Å². The highest BCUT2D eigenvalue weighted by molar-refractivity contribution is 6.72. The second-order valence-corrected chi connectivity index (χ2v) is 8.85. The Morgan fingerprint density at radius 3 is 1.53 bits per heavy atom. The van der Waals surface area contributed by atoms with Gasteiger partial charge in [-0.05, 0) is 13.1 Å². The van der Waals surface area contributed by atoms with Crippen molar-refractivity contribution in [2.75, 3.05) is 6.79 Å². The van der Waals surface area contributed by atoms with Gasteiger partial charge in [0.25, 0.3) is 20.0 Å². The van der Waals surface area contributed by atoms with Gasteiger partial charge in [0.2, 0.25) is 0 Å². The van der Waals surface area contributed by atoms with E-state index in [-0.39, 0.29) is 7.43 Å². The van der Waals surface area contributed by atoms with Gasteiger partial charge in [-0.1, -0.05) is 35.1 Å². The summed E-state index contributed by atoms with van der Waals surface area (Å²) < 4.78 is 21.1. The third-order valence-electron chi connectivity index (χ3n) is 1.15. The van der Waals surface area contributed by atoms with Gasteiger partial charge >= 0.3 is 8.56 Å². The minimum atomic E-state index is -1.80. The number of rotatable bonds is 0. The van der Waals surface area contributed by atoms with E-state index in [2.05, 4.69) is 0 Å². The van der Waals surface area contributed by atoms with Crippen LogP contribution in [-0.4, -0.2) is 35.4 Å². The molecule has 0 aromatic carbocycles. The second kappa shape index (κ2) is 14.5. The highest BCUT2D eigenvalue weighted by Gasteiger charge is 2.25. The topological polar surface area (TPSA) is 36.9 Å². The van der Waals surface area contributed by atoms with Gasteiger partial charge in [0, 0.05) is 0 Å². The zero-order valence-corrected chi connectivity index (χ0v) is 14.1. The molecule has 1 aliphatic rings. The molecular formula is C8H28O4Si3. The molecule has 0 bridgehead atoms. The lowest BCUT2D eigenvalue weighted by atomic mass is 11.0. The molecule has 0 N–H and O–H groups in total. The van der Waals surface area contributed by atoms with Crippen molar-refractivity contribution in [1.29, 1.82) is 0 Å². The molecule has 1 aliphatic heterocycles. The molecule has 0 unspecified atom stereocenters. The summed E-state index contributed by atoms with van der Waals surface area (Å²) in [5, 5.41) is 0. The van der Waals surface area contributed by atoms with E-state index >= 15 is 0 Å². The summed E-state index contributed by atoms with van der Waals surface area (Å²) in [6.45, 7) is 12.4. The molecular weight excluding hydrogens is 244 g/mol. The second-order valence-electron chi connectivity index (χ2n) is 2.45. The monoisotopic (exact) mass is 272 g/mol. The van der Waals surface area contributed by atoms with Crippen LogP contribution in [-0.2, 0) is 17.1 Å². The van der Waals surface area contributed by atoms with Crippen molar-refractivity contribution < 1.29 is 17.1 Å². The highest BCUT2D eigenvalue weighted by Crippen LogP contribution is 2.05. The van der Waals surface area contributed by atoms with E-state index in [1.165, 1.54) is 0 Å². The molecule has 1 rings (SSSR count). The Labute approximate surface area is 101 Å². The summed E-state index contributed by atoms with van der Waals surface area (Å²) in [5.74, 6) is 0.